The van der Waals surface area contributed by atoms with Gasteiger partial charge in [-0.2, -0.15) is 0 Å². The zero-order valence-electron chi connectivity index (χ0n) is 10.8. The van der Waals surface area contributed by atoms with Crippen LogP contribution in [0.4, 0.5) is 0 Å². The van der Waals surface area contributed by atoms with E-state index in [9.17, 15) is 4.79 Å². The summed E-state index contributed by atoms with van der Waals surface area (Å²) in [7, 11) is 0. The van der Waals surface area contributed by atoms with Crippen molar-refractivity contribution >= 4 is 17.1 Å². The molecule has 2 aromatic rings. The minimum atomic E-state index is 0.267. The number of carbonyl (C=O) groups is 1. The molecule has 1 aromatic heterocycles. The number of thiazole rings is 1. The maximum atomic E-state index is 11.9. The molecule has 0 saturated carbocycles. The van der Waals surface area contributed by atoms with Crippen LogP contribution in [0.3, 0.4) is 0 Å². The molecule has 94 valence electrons. The Bertz CT molecular complexity index is 545. The van der Waals surface area contributed by atoms with Crippen LogP contribution in [0.1, 0.15) is 28.2 Å². The molecule has 0 amide bonds. The Morgan fingerprint density at radius 2 is 2.06 bits per heavy atom. The number of ketones is 1. The molecule has 18 heavy (non-hydrogen) atoms. The molecule has 1 aromatic carbocycles. The van der Waals surface area contributed by atoms with Crippen molar-refractivity contribution in [3.8, 4) is 0 Å². The number of carbonyl (C=O) groups excluding carboxylic acids is 1. The van der Waals surface area contributed by atoms with Gasteiger partial charge in [0.05, 0.1) is 10.7 Å². The van der Waals surface area contributed by atoms with Gasteiger partial charge in [0.25, 0.3) is 0 Å². The summed E-state index contributed by atoms with van der Waals surface area (Å²) < 4.78 is 0. The number of aromatic nitrogens is 1. The normalized spacial score (nSPS) is 10.6. The molecule has 0 unspecified atom stereocenters. The Labute approximate surface area is 112 Å². The van der Waals surface area contributed by atoms with Crippen molar-refractivity contribution in [2.24, 2.45) is 0 Å². The molecular formula is C15H17NOS. The van der Waals surface area contributed by atoms with Crippen molar-refractivity contribution < 1.29 is 4.79 Å². The fourth-order valence-corrected chi connectivity index (χ4v) is 2.56. The van der Waals surface area contributed by atoms with E-state index in [2.05, 4.69) is 24.0 Å². The van der Waals surface area contributed by atoms with Crippen LogP contribution in [0, 0.1) is 13.8 Å². The summed E-state index contributed by atoms with van der Waals surface area (Å²) in [6.07, 6.45) is 1.90. The highest BCUT2D eigenvalue weighted by atomic mass is 32.1. The van der Waals surface area contributed by atoms with Crippen LogP contribution in [0.2, 0.25) is 0 Å². The Morgan fingerprint density at radius 1 is 1.28 bits per heavy atom. The van der Waals surface area contributed by atoms with Crippen LogP contribution in [-0.2, 0) is 17.6 Å². The largest absolute Gasteiger partial charge is 0.299 e. The SMILES string of the molecule is Cc1nc(CC(=O)CCc2ccccc2C)cs1. The highest BCUT2D eigenvalue weighted by Crippen LogP contribution is 2.12. The lowest BCUT2D eigenvalue weighted by molar-refractivity contribution is -0.118. The van der Waals surface area contributed by atoms with Gasteiger partial charge >= 0.3 is 0 Å². The summed E-state index contributed by atoms with van der Waals surface area (Å²) in [4.78, 5) is 16.2. The smallest absolute Gasteiger partial charge is 0.139 e. The number of hydrogen-bond acceptors (Lipinski definition) is 3. The Kier molecular flexibility index (Phi) is 4.26. The number of hydrogen-bond donors (Lipinski definition) is 0. The predicted octanol–water partition coefficient (Wildman–Crippen LogP) is 3.50. The Hall–Kier alpha value is -1.48. The van der Waals surface area contributed by atoms with E-state index in [4.69, 9.17) is 0 Å². The quantitative estimate of drug-likeness (QED) is 0.822. The zero-order valence-corrected chi connectivity index (χ0v) is 11.6. The van der Waals surface area contributed by atoms with Crippen LogP contribution in [0.15, 0.2) is 29.6 Å². The summed E-state index contributed by atoms with van der Waals surface area (Å²) in [6.45, 7) is 4.05. The first-order chi connectivity index (χ1) is 8.65. The molecule has 0 N–H and O–H groups in total. The molecule has 0 fully saturated rings. The van der Waals surface area contributed by atoms with E-state index >= 15 is 0 Å². The first-order valence-corrected chi connectivity index (χ1v) is 7.00. The van der Waals surface area contributed by atoms with E-state index in [1.807, 2.05) is 24.4 Å². The van der Waals surface area contributed by atoms with E-state index in [0.29, 0.717) is 12.8 Å². The third kappa shape index (κ3) is 3.50. The van der Waals surface area contributed by atoms with E-state index in [-0.39, 0.29) is 5.78 Å². The maximum absolute atomic E-state index is 11.9. The molecule has 0 aliphatic rings. The minimum Gasteiger partial charge on any atom is -0.299 e. The molecule has 0 bridgehead atoms. The molecule has 0 spiro atoms. The molecule has 1 heterocycles. The van der Waals surface area contributed by atoms with Crippen LogP contribution in [0.25, 0.3) is 0 Å². The highest BCUT2D eigenvalue weighted by molar-refractivity contribution is 7.09. The molecule has 2 nitrogen and oxygen atoms in total. The molecule has 0 saturated heterocycles. The predicted molar refractivity (Wildman–Crippen MR) is 75.1 cm³/mol. The molecule has 2 rings (SSSR count). The molecule has 0 radical (unpaired) electrons. The first-order valence-electron chi connectivity index (χ1n) is 6.12. The average Bonchev–Trinajstić information content (AvgIpc) is 2.74. The number of benzene rings is 1. The third-order valence-corrected chi connectivity index (χ3v) is 3.80. The van der Waals surface area contributed by atoms with E-state index in [1.165, 1.54) is 11.1 Å². The molecule has 0 aliphatic carbocycles. The van der Waals surface area contributed by atoms with Crippen LogP contribution < -0.4 is 0 Å². The van der Waals surface area contributed by atoms with Crippen molar-refractivity contribution in [3.63, 3.8) is 0 Å². The topological polar surface area (TPSA) is 30.0 Å². The number of rotatable bonds is 5. The van der Waals surface area contributed by atoms with Gasteiger partial charge in [-0.1, -0.05) is 24.3 Å². The molecule has 3 heteroatoms. The number of nitrogens with zero attached hydrogens (tertiary/aromatic N) is 1. The summed E-state index contributed by atoms with van der Waals surface area (Å²) in [5.41, 5.74) is 3.43. The zero-order chi connectivity index (χ0) is 13.0. The Morgan fingerprint density at radius 3 is 2.72 bits per heavy atom. The Balaban J connectivity index is 1.87. The van der Waals surface area contributed by atoms with Crippen LogP contribution in [0.5, 0.6) is 0 Å². The summed E-state index contributed by atoms with van der Waals surface area (Å²) in [6, 6.07) is 8.23. The standard InChI is InChI=1S/C15H17NOS/c1-11-5-3-4-6-13(11)7-8-15(17)9-14-10-18-12(2)16-14/h3-6,10H,7-9H2,1-2H3. The van der Waals surface area contributed by atoms with Gasteiger partial charge in [0.15, 0.2) is 0 Å². The van der Waals surface area contributed by atoms with Gasteiger partial charge in [-0.25, -0.2) is 4.98 Å². The van der Waals surface area contributed by atoms with Crippen molar-refractivity contribution in [1.29, 1.82) is 0 Å². The summed E-state index contributed by atoms with van der Waals surface area (Å²) >= 11 is 1.60. The van der Waals surface area contributed by atoms with Crippen LogP contribution in [-0.4, -0.2) is 10.8 Å². The van der Waals surface area contributed by atoms with Gasteiger partial charge in [-0.05, 0) is 31.4 Å². The van der Waals surface area contributed by atoms with Gasteiger partial charge in [0, 0.05) is 18.2 Å². The molecule has 0 atom stereocenters. The summed E-state index contributed by atoms with van der Waals surface area (Å²) in [5, 5.41) is 3.00. The first kappa shape index (κ1) is 13.0. The minimum absolute atomic E-state index is 0.267. The highest BCUT2D eigenvalue weighted by Gasteiger charge is 2.07. The van der Waals surface area contributed by atoms with Gasteiger partial charge in [0.2, 0.25) is 0 Å². The van der Waals surface area contributed by atoms with Gasteiger partial charge in [-0.15, -0.1) is 11.3 Å². The van der Waals surface area contributed by atoms with Crippen LogP contribution >= 0.6 is 11.3 Å². The second-order valence-corrected chi connectivity index (χ2v) is 5.56. The monoisotopic (exact) mass is 259 g/mol. The number of Topliss-reactive ketones (excluding diaryl/α,β-unsaturated/α-hetero) is 1. The van der Waals surface area contributed by atoms with Gasteiger partial charge in [0.1, 0.15) is 5.78 Å². The van der Waals surface area contributed by atoms with Crippen molar-refractivity contribution in [1.82, 2.24) is 4.98 Å². The van der Waals surface area contributed by atoms with Crippen molar-refractivity contribution in [2.75, 3.05) is 0 Å². The second-order valence-electron chi connectivity index (χ2n) is 4.50. The lowest BCUT2D eigenvalue weighted by Crippen LogP contribution is -2.05. The van der Waals surface area contributed by atoms with Gasteiger partial charge < -0.3 is 0 Å². The lowest BCUT2D eigenvalue weighted by Gasteiger charge is -2.04. The summed E-state index contributed by atoms with van der Waals surface area (Å²) in [5.74, 6) is 0.267. The maximum Gasteiger partial charge on any atom is 0.139 e. The second kappa shape index (κ2) is 5.91. The third-order valence-electron chi connectivity index (χ3n) is 2.98. The van der Waals surface area contributed by atoms with E-state index in [1.54, 1.807) is 11.3 Å². The van der Waals surface area contributed by atoms with Gasteiger partial charge in [-0.3, -0.25) is 4.79 Å². The fourth-order valence-electron chi connectivity index (χ4n) is 1.94. The van der Waals surface area contributed by atoms with E-state index in [0.717, 1.165) is 17.1 Å². The molecular weight excluding hydrogens is 242 g/mol. The van der Waals surface area contributed by atoms with Crippen molar-refractivity contribution in [2.45, 2.75) is 33.1 Å². The fraction of sp³-hybridized carbons (Fsp3) is 0.333. The average molecular weight is 259 g/mol. The lowest BCUT2D eigenvalue weighted by atomic mass is 10.0. The van der Waals surface area contributed by atoms with Crippen molar-refractivity contribution in [3.05, 3.63) is 51.5 Å². The van der Waals surface area contributed by atoms with E-state index < -0.39 is 0 Å². The molecule has 0 aliphatic heterocycles. The number of aryl methyl sites for hydroxylation is 3.